The number of nitrogens with zero attached hydrogens (tertiary/aromatic N) is 1. The van der Waals surface area contributed by atoms with Crippen LogP contribution in [0.15, 0.2) is 34.4 Å². The summed E-state index contributed by atoms with van der Waals surface area (Å²) >= 11 is 5.15. The topological polar surface area (TPSA) is 24.9 Å². The van der Waals surface area contributed by atoms with Gasteiger partial charge in [0.05, 0.1) is 12.1 Å². The zero-order valence-electron chi connectivity index (χ0n) is 8.33. The van der Waals surface area contributed by atoms with Crippen molar-refractivity contribution in [3.05, 3.63) is 44.8 Å². The van der Waals surface area contributed by atoms with Crippen LogP contribution in [0, 0.1) is 6.92 Å². The third-order valence-corrected chi connectivity index (χ3v) is 3.78. The van der Waals surface area contributed by atoms with Gasteiger partial charge in [-0.15, -0.1) is 11.3 Å². The molecule has 0 amide bonds. The van der Waals surface area contributed by atoms with Crippen LogP contribution in [-0.2, 0) is 6.54 Å². The van der Waals surface area contributed by atoms with Gasteiger partial charge in [-0.1, -0.05) is 15.9 Å². The Morgan fingerprint density at radius 2 is 2.33 bits per heavy atom. The zero-order chi connectivity index (χ0) is 10.7. The van der Waals surface area contributed by atoms with Gasteiger partial charge in [0.15, 0.2) is 0 Å². The minimum Gasteiger partial charge on any atom is -0.380 e. The Kier molecular flexibility index (Phi) is 3.38. The molecule has 0 bridgehead atoms. The predicted octanol–water partition coefficient (Wildman–Crippen LogP) is 3.83. The van der Waals surface area contributed by atoms with Crippen LogP contribution in [0.4, 0.5) is 5.69 Å². The molecule has 0 radical (unpaired) electrons. The molecule has 1 heterocycles. The van der Waals surface area contributed by atoms with E-state index in [1.54, 1.807) is 11.3 Å². The largest absolute Gasteiger partial charge is 0.380 e. The van der Waals surface area contributed by atoms with Gasteiger partial charge in [-0.05, 0) is 30.7 Å². The average molecular weight is 283 g/mol. The maximum absolute atomic E-state index is 4.04. The Bertz CT molecular complexity index is 440. The lowest BCUT2D eigenvalue weighted by Gasteiger charge is -2.06. The molecule has 0 saturated heterocycles. The summed E-state index contributed by atoms with van der Waals surface area (Å²) in [5.41, 5.74) is 4.23. The number of anilines is 1. The Labute approximate surface area is 101 Å². The number of rotatable bonds is 3. The number of aromatic nitrogens is 1. The van der Waals surface area contributed by atoms with Gasteiger partial charge in [0.2, 0.25) is 0 Å². The first kappa shape index (κ1) is 10.6. The lowest BCUT2D eigenvalue weighted by atomic mass is 10.2. The molecule has 0 fully saturated rings. The molecule has 1 aromatic carbocycles. The summed E-state index contributed by atoms with van der Waals surface area (Å²) in [5.74, 6) is 0. The summed E-state index contributed by atoms with van der Waals surface area (Å²) in [6, 6.07) is 6.26. The minimum atomic E-state index is 0.839. The van der Waals surface area contributed by atoms with E-state index in [1.165, 1.54) is 10.4 Å². The summed E-state index contributed by atoms with van der Waals surface area (Å²) in [4.78, 5) is 5.28. The second-order valence-electron chi connectivity index (χ2n) is 3.29. The molecule has 15 heavy (non-hydrogen) atoms. The van der Waals surface area contributed by atoms with Crippen LogP contribution in [0.1, 0.15) is 10.4 Å². The fraction of sp³-hybridized carbons (Fsp3) is 0.182. The van der Waals surface area contributed by atoms with Crippen LogP contribution in [0.25, 0.3) is 0 Å². The van der Waals surface area contributed by atoms with E-state index < -0.39 is 0 Å². The van der Waals surface area contributed by atoms with Crippen LogP contribution in [0.5, 0.6) is 0 Å². The molecule has 1 aromatic heterocycles. The van der Waals surface area contributed by atoms with E-state index >= 15 is 0 Å². The molecule has 0 saturated carbocycles. The van der Waals surface area contributed by atoms with E-state index in [9.17, 15) is 0 Å². The van der Waals surface area contributed by atoms with Gasteiger partial charge in [-0.3, -0.25) is 4.98 Å². The number of nitrogens with one attached hydrogen (secondary N) is 1. The van der Waals surface area contributed by atoms with E-state index in [0.717, 1.165) is 16.7 Å². The molecule has 0 aliphatic heterocycles. The van der Waals surface area contributed by atoms with Crippen LogP contribution >= 0.6 is 27.3 Å². The number of hydrogen-bond acceptors (Lipinski definition) is 3. The number of benzene rings is 1. The standard InChI is InChI=1S/C11H11BrN2S/c1-8-4-9(2-3-11(8)12)14-6-10-5-13-7-15-10/h2-5,7,14H,6H2,1H3. The lowest BCUT2D eigenvalue weighted by molar-refractivity contribution is 1.17. The summed E-state index contributed by atoms with van der Waals surface area (Å²) in [7, 11) is 0. The average Bonchev–Trinajstić information content (AvgIpc) is 2.73. The van der Waals surface area contributed by atoms with Gasteiger partial charge in [0.25, 0.3) is 0 Å². The van der Waals surface area contributed by atoms with E-state index in [4.69, 9.17) is 0 Å². The van der Waals surface area contributed by atoms with Gasteiger partial charge in [-0.25, -0.2) is 0 Å². The number of hydrogen-bond donors (Lipinski definition) is 1. The summed E-state index contributed by atoms with van der Waals surface area (Å²) < 4.78 is 1.14. The predicted molar refractivity (Wildman–Crippen MR) is 68.3 cm³/mol. The van der Waals surface area contributed by atoms with Crippen molar-refractivity contribution in [2.24, 2.45) is 0 Å². The van der Waals surface area contributed by atoms with E-state index in [0.29, 0.717) is 0 Å². The van der Waals surface area contributed by atoms with E-state index in [2.05, 4.69) is 51.4 Å². The first-order valence-corrected chi connectivity index (χ1v) is 6.30. The van der Waals surface area contributed by atoms with Crippen molar-refractivity contribution >= 4 is 33.0 Å². The first-order valence-electron chi connectivity index (χ1n) is 4.63. The summed E-state index contributed by atoms with van der Waals surface area (Å²) in [6.07, 6.45) is 1.89. The molecule has 78 valence electrons. The fourth-order valence-electron chi connectivity index (χ4n) is 1.27. The summed E-state index contributed by atoms with van der Waals surface area (Å²) in [6.45, 7) is 2.92. The van der Waals surface area contributed by atoms with Gasteiger partial charge < -0.3 is 5.32 Å². The van der Waals surface area contributed by atoms with Crippen molar-refractivity contribution in [1.29, 1.82) is 0 Å². The molecule has 4 heteroatoms. The maximum atomic E-state index is 4.04. The number of thiazole rings is 1. The normalized spacial score (nSPS) is 10.3. The van der Waals surface area contributed by atoms with Gasteiger partial charge in [0.1, 0.15) is 0 Å². The van der Waals surface area contributed by atoms with Crippen LogP contribution < -0.4 is 5.32 Å². The monoisotopic (exact) mass is 282 g/mol. The van der Waals surface area contributed by atoms with Crippen molar-refractivity contribution < 1.29 is 0 Å². The van der Waals surface area contributed by atoms with Crippen LogP contribution in [0.3, 0.4) is 0 Å². The van der Waals surface area contributed by atoms with Crippen molar-refractivity contribution in [2.75, 3.05) is 5.32 Å². The molecule has 1 N–H and O–H groups in total. The molecule has 0 aliphatic rings. The third kappa shape index (κ3) is 2.79. The molecule has 0 atom stereocenters. The quantitative estimate of drug-likeness (QED) is 0.926. The molecule has 2 nitrogen and oxygen atoms in total. The lowest BCUT2D eigenvalue weighted by Crippen LogP contribution is -1.97. The Morgan fingerprint density at radius 3 is 3.00 bits per heavy atom. The van der Waals surface area contributed by atoms with E-state index in [-0.39, 0.29) is 0 Å². The highest BCUT2D eigenvalue weighted by atomic mass is 79.9. The van der Waals surface area contributed by atoms with Crippen molar-refractivity contribution in [3.63, 3.8) is 0 Å². The second kappa shape index (κ2) is 4.77. The number of aryl methyl sites for hydroxylation is 1. The molecule has 0 spiro atoms. The molecule has 2 rings (SSSR count). The van der Waals surface area contributed by atoms with Crippen LogP contribution in [0.2, 0.25) is 0 Å². The van der Waals surface area contributed by atoms with Crippen molar-refractivity contribution in [3.8, 4) is 0 Å². The van der Waals surface area contributed by atoms with E-state index in [1.807, 2.05) is 11.7 Å². The molecule has 0 unspecified atom stereocenters. The van der Waals surface area contributed by atoms with Crippen molar-refractivity contribution in [1.82, 2.24) is 4.98 Å². The minimum absolute atomic E-state index is 0.839. The Hall–Kier alpha value is -0.870. The Balaban J connectivity index is 2.02. The highest BCUT2D eigenvalue weighted by molar-refractivity contribution is 9.10. The molecular weight excluding hydrogens is 272 g/mol. The molecule has 0 aliphatic carbocycles. The highest BCUT2D eigenvalue weighted by Crippen LogP contribution is 2.20. The smallest absolute Gasteiger partial charge is 0.0794 e. The highest BCUT2D eigenvalue weighted by Gasteiger charge is 1.98. The SMILES string of the molecule is Cc1cc(NCc2cncs2)ccc1Br. The summed E-state index contributed by atoms with van der Waals surface area (Å²) in [5, 5.41) is 3.36. The number of halogens is 1. The fourth-order valence-corrected chi connectivity index (χ4v) is 2.05. The van der Waals surface area contributed by atoms with Crippen LogP contribution in [-0.4, -0.2) is 4.98 Å². The van der Waals surface area contributed by atoms with Crippen molar-refractivity contribution in [2.45, 2.75) is 13.5 Å². The third-order valence-electron chi connectivity index (χ3n) is 2.11. The van der Waals surface area contributed by atoms with Gasteiger partial charge >= 0.3 is 0 Å². The zero-order valence-corrected chi connectivity index (χ0v) is 10.7. The molecular formula is C11H11BrN2S. The van der Waals surface area contributed by atoms with Gasteiger partial charge in [0, 0.05) is 21.2 Å². The molecule has 2 aromatic rings. The second-order valence-corrected chi connectivity index (χ2v) is 5.11. The Morgan fingerprint density at radius 1 is 1.47 bits per heavy atom. The maximum Gasteiger partial charge on any atom is 0.0794 e. The first-order chi connectivity index (χ1) is 7.25. The van der Waals surface area contributed by atoms with Gasteiger partial charge in [-0.2, -0.15) is 0 Å².